The van der Waals surface area contributed by atoms with Crippen LogP contribution < -0.4 is 0 Å². The molecule has 4 nitrogen and oxygen atoms in total. The molecule has 0 aliphatic heterocycles. The topological polar surface area (TPSA) is 52.6 Å². The maximum atomic E-state index is 12.4. The molecule has 0 aliphatic rings. The van der Waals surface area contributed by atoms with Gasteiger partial charge in [-0.25, -0.2) is 8.78 Å². The number of halogens is 4. The Bertz CT molecular complexity index is 318. The van der Waals surface area contributed by atoms with E-state index < -0.39 is 37.3 Å². The van der Waals surface area contributed by atoms with Gasteiger partial charge in [0.25, 0.3) is 0 Å². The first-order valence-electron chi connectivity index (χ1n) is 5.37. The molecule has 19 heavy (non-hydrogen) atoms. The van der Waals surface area contributed by atoms with Crippen molar-refractivity contribution in [3.8, 4) is 0 Å². The molecule has 0 spiro atoms. The average molecular weight is 286 g/mol. The second-order valence-electron chi connectivity index (χ2n) is 3.52. The monoisotopic (exact) mass is 286 g/mol. The highest BCUT2D eigenvalue weighted by Gasteiger charge is 2.42. The molecule has 0 saturated heterocycles. The summed E-state index contributed by atoms with van der Waals surface area (Å²) in [6.45, 7) is 1.78. The molecule has 0 aliphatic carbocycles. The van der Waals surface area contributed by atoms with Crippen molar-refractivity contribution in [2.24, 2.45) is 0 Å². The van der Waals surface area contributed by atoms with Crippen molar-refractivity contribution in [2.45, 2.75) is 31.6 Å². The van der Waals surface area contributed by atoms with Crippen LogP contribution in [-0.2, 0) is 19.1 Å². The fourth-order valence-corrected chi connectivity index (χ4v) is 0.844. The summed E-state index contributed by atoms with van der Waals surface area (Å²) in [4.78, 5) is 21.9. The minimum atomic E-state index is -4.39. The molecule has 0 amide bonds. The minimum absolute atomic E-state index is 0.0981. The summed E-state index contributed by atoms with van der Waals surface area (Å²) in [5.41, 5.74) is 0. The number of esters is 2. The Labute approximate surface area is 107 Å². The van der Waals surface area contributed by atoms with Crippen LogP contribution in [0.15, 0.2) is 12.7 Å². The predicted octanol–water partition coefficient (Wildman–Crippen LogP) is 2.33. The van der Waals surface area contributed by atoms with E-state index in [0.29, 0.717) is 6.42 Å². The number of carbonyl (C=O) groups is 2. The van der Waals surface area contributed by atoms with Gasteiger partial charge < -0.3 is 9.47 Å². The molecule has 110 valence electrons. The van der Waals surface area contributed by atoms with E-state index >= 15 is 0 Å². The van der Waals surface area contributed by atoms with Gasteiger partial charge in [-0.2, -0.15) is 8.78 Å². The Balaban J connectivity index is 3.81. The van der Waals surface area contributed by atoms with Crippen LogP contribution in [0.4, 0.5) is 17.6 Å². The van der Waals surface area contributed by atoms with Crippen molar-refractivity contribution in [1.82, 2.24) is 0 Å². The fraction of sp³-hybridized carbons (Fsp3) is 0.636. The molecule has 0 aromatic heterocycles. The maximum absolute atomic E-state index is 12.4. The lowest BCUT2D eigenvalue weighted by Gasteiger charge is -2.14. The highest BCUT2D eigenvalue weighted by atomic mass is 19.3. The van der Waals surface area contributed by atoms with Crippen molar-refractivity contribution in [3.63, 3.8) is 0 Å². The van der Waals surface area contributed by atoms with E-state index in [9.17, 15) is 27.2 Å². The third kappa shape index (κ3) is 8.17. The van der Waals surface area contributed by atoms with E-state index in [1.165, 1.54) is 6.08 Å². The third-order valence-electron chi connectivity index (χ3n) is 1.86. The molecule has 0 saturated carbocycles. The van der Waals surface area contributed by atoms with Gasteiger partial charge in [-0.05, 0) is 6.42 Å². The van der Waals surface area contributed by atoms with Gasteiger partial charge in [-0.3, -0.25) is 9.59 Å². The van der Waals surface area contributed by atoms with Crippen LogP contribution >= 0.6 is 0 Å². The first-order valence-corrected chi connectivity index (χ1v) is 5.37. The number of ether oxygens (including phenoxy) is 2. The van der Waals surface area contributed by atoms with E-state index in [1.54, 1.807) is 0 Å². The fourth-order valence-electron chi connectivity index (χ4n) is 0.844. The van der Waals surface area contributed by atoms with Gasteiger partial charge in [0.2, 0.25) is 0 Å². The highest BCUT2D eigenvalue weighted by molar-refractivity contribution is 5.77. The number of carbonyl (C=O) groups excluding carboxylic acids is 2. The second-order valence-corrected chi connectivity index (χ2v) is 3.52. The quantitative estimate of drug-likeness (QED) is 0.282. The molecular formula is C11H14F4O4. The van der Waals surface area contributed by atoms with Gasteiger partial charge >= 0.3 is 24.3 Å². The molecule has 8 heteroatoms. The Morgan fingerprint density at radius 3 is 2.16 bits per heavy atom. The first-order chi connectivity index (χ1) is 8.79. The van der Waals surface area contributed by atoms with Crippen molar-refractivity contribution in [1.29, 1.82) is 0 Å². The van der Waals surface area contributed by atoms with Gasteiger partial charge in [-0.1, -0.05) is 6.08 Å². The van der Waals surface area contributed by atoms with E-state index in [4.69, 9.17) is 0 Å². The molecule has 0 heterocycles. The SMILES string of the molecule is C=CCCOC(=O)CCC(=O)OCC(F)(F)C(F)F. The highest BCUT2D eigenvalue weighted by Crippen LogP contribution is 2.23. The first kappa shape index (κ1) is 17.4. The summed E-state index contributed by atoms with van der Waals surface area (Å²) >= 11 is 0. The van der Waals surface area contributed by atoms with Crippen LogP contribution in [0.5, 0.6) is 0 Å². The smallest absolute Gasteiger partial charge is 0.340 e. The minimum Gasteiger partial charge on any atom is -0.465 e. The Kier molecular flexibility index (Phi) is 7.78. The summed E-state index contributed by atoms with van der Waals surface area (Å²) in [6, 6.07) is 0. The predicted molar refractivity (Wildman–Crippen MR) is 56.9 cm³/mol. The second kappa shape index (κ2) is 8.49. The number of alkyl halides is 4. The van der Waals surface area contributed by atoms with Gasteiger partial charge in [0.05, 0.1) is 19.4 Å². The molecular weight excluding hydrogens is 272 g/mol. The van der Waals surface area contributed by atoms with Gasteiger partial charge in [0.15, 0.2) is 6.61 Å². The van der Waals surface area contributed by atoms with Crippen LogP contribution in [0, 0.1) is 0 Å². The van der Waals surface area contributed by atoms with Crippen molar-refractivity contribution in [2.75, 3.05) is 13.2 Å². The largest absolute Gasteiger partial charge is 0.465 e. The Morgan fingerprint density at radius 1 is 1.16 bits per heavy atom. The van der Waals surface area contributed by atoms with Crippen LogP contribution in [0.3, 0.4) is 0 Å². The standard InChI is InChI=1S/C11H14F4O4/c1-2-3-6-18-8(16)4-5-9(17)19-7-11(14,15)10(12)13/h2,10H,1,3-7H2. The Hall–Kier alpha value is -1.60. The van der Waals surface area contributed by atoms with E-state index in [1.807, 2.05) is 0 Å². The molecule has 0 unspecified atom stereocenters. The Morgan fingerprint density at radius 2 is 1.68 bits per heavy atom. The summed E-state index contributed by atoms with van der Waals surface area (Å²) in [6.07, 6.45) is -2.82. The van der Waals surface area contributed by atoms with Crippen LogP contribution in [0.2, 0.25) is 0 Å². The van der Waals surface area contributed by atoms with Crippen LogP contribution in [0.25, 0.3) is 0 Å². The average Bonchev–Trinajstić information content (AvgIpc) is 2.34. The normalized spacial score (nSPS) is 11.2. The maximum Gasteiger partial charge on any atom is 0.340 e. The zero-order chi connectivity index (χ0) is 14.9. The summed E-state index contributed by atoms with van der Waals surface area (Å²) in [7, 11) is 0. The van der Waals surface area contributed by atoms with Crippen molar-refractivity contribution in [3.05, 3.63) is 12.7 Å². The summed E-state index contributed by atoms with van der Waals surface area (Å²) in [5, 5.41) is 0. The van der Waals surface area contributed by atoms with Crippen LogP contribution in [-0.4, -0.2) is 37.5 Å². The molecule has 0 rings (SSSR count). The number of rotatable bonds is 9. The van der Waals surface area contributed by atoms with Gasteiger partial charge in [0, 0.05) is 0 Å². The summed E-state index contributed by atoms with van der Waals surface area (Å²) < 4.78 is 56.8. The number of hydrogen-bond acceptors (Lipinski definition) is 4. The van der Waals surface area contributed by atoms with Crippen molar-refractivity contribution < 1.29 is 36.6 Å². The molecule has 0 aromatic carbocycles. The van der Waals surface area contributed by atoms with Crippen molar-refractivity contribution >= 4 is 11.9 Å². The van der Waals surface area contributed by atoms with E-state index in [-0.39, 0.29) is 13.0 Å². The molecule has 0 radical (unpaired) electrons. The molecule has 0 atom stereocenters. The number of hydrogen-bond donors (Lipinski definition) is 0. The summed E-state index contributed by atoms with van der Waals surface area (Å²) in [5.74, 6) is -6.26. The van der Waals surface area contributed by atoms with E-state index in [2.05, 4.69) is 16.1 Å². The van der Waals surface area contributed by atoms with Gasteiger partial charge in [0.1, 0.15) is 0 Å². The lowest BCUT2D eigenvalue weighted by Crippen LogP contribution is -2.33. The lowest BCUT2D eigenvalue weighted by atomic mass is 10.3. The molecule has 0 fully saturated rings. The van der Waals surface area contributed by atoms with Gasteiger partial charge in [-0.15, -0.1) is 6.58 Å². The van der Waals surface area contributed by atoms with E-state index in [0.717, 1.165) is 0 Å². The molecule has 0 aromatic rings. The molecule has 0 bridgehead atoms. The lowest BCUT2D eigenvalue weighted by molar-refractivity contribution is -0.180. The zero-order valence-corrected chi connectivity index (χ0v) is 10.0. The third-order valence-corrected chi connectivity index (χ3v) is 1.86. The molecule has 0 N–H and O–H groups in total. The zero-order valence-electron chi connectivity index (χ0n) is 10.0. The van der Waals surface area contributed by atoms with Crippen LogP contribution in [0.1, 0.15) is 19.3 Å².